The number of carbonyl (C=O) groups is 1. The maximum atomic E-state index is 13.1. The smallest absolute Gasteiger partial charge is 0.260 e. The summed E-state index contributed by atoms with van der Waals surface area (Å²) >= 11 is 1.64. The van der Waals surface area contributed by atoms with Gasteiger partial charge in [0, 0.05) is 43.8 Å². The molecule has 0 unspecified atom stereocenters. The number of likely N-dealkylation sites (tertiary alicyclic amines) is 1. The highest BCUT2D eigenvalue weighted by molar-refractivity contribution is 7.97. The van der Waals surface area contributed by atoms with Crippen LogP contribution in [0.5, 0.6) is 0 Å². The number of anilines is 5. The van der Waals surface area contributed by atoms with E-state index < -0.39 is 0 Å². The molecule has 9 heteroatoms. The second-order valence-corrected chi connectivity index (χ2v) is 9.55. The molecule has 0 spiro atoms. The number of fused-ring (bicyclic) bond motifs is 2. The Hall–Kier alpha value is -3.14. The highest BCUT2D eigenvalue weighted by Crippen LogP contribution is 2.38. The number of amides is 1. The molecule has 3 heterocycles. The van der Waals surface area contributed by atoms with Gasteiger partial charge >= 0.3 is 0 Å². The van der Waals surface area contributed by atoms with Crippen molar-refractivity contribution in [1.29, 1.82) is 0 Å². The van der Waals surface area contributed by atoms with Gasteiger partial charge in [-0.1, -0.05) is 17.7 Å². The van der Waals surface area contributed by atoms with Gasteiger partial charge < -0.3 is 20.0 Å². The van der Waals surface area contributed by atoms with Crippen molar-refractivity contribution in [2.45, 2.75) is 17.9 Å². The summed E-state index contributed by atoms with van der Waals surface area (Å²) in [6.45, 7) is 4.13. The fraction of sp³-hybridized carbons (Fsp3) is 0.292. The molecule has 0 saturated carbocycles. The molecule has 3 aromatic rings. The fourth-order valence-corrected chi connectivity index (χ4v) is 4.90. The molecule has 0 radical (unpaired) electrons. The summed E-state index contributed by atoms with van der Waals surface area (Å²) in [6, 6.07) is 14.6. The summed E-state index contributed by atoms with van der Waals surface area (Å²) in [4.78, 5) is 29.3. The molecule has 33 heavy (non-hydrogen) atoms. The minimum absolute atomic E-state index is 0.0708. The van der Waals surface area contributed by atoms with E-state index in [1.165, 1.54) is 0 Å². The third-order valence-electron chi connectivity index (χ3n) is 5.98. The van der Waals surface area contributed by atoms with E-state index in [0.717, 1.165) is 34.9 Å². The number of likely N-dealkylation sites (N-methyl/N-ethyl adjacent to an activating group) is 1. The molecule has 5 rings (SSSR count). The number of aromatic nitrogens is 2. The molecule has 1 amide bonds. The van der Waals surface area contributed by atoms with Crippen LogP contribution < -0.4 is 19.8 Å². The summed E-state index contributed by atoms with van der Waals surface area (Å²) < 4.78 is 3.50. The van der Waals surface area contributed by atoms with Gasteiger partial charge in [0.05, 0.1) is 17.4 Å². The maximum absolute atomic E-state index is 13.1. The minimum Gasteiger partial charge on any atom is -0.327 e. The number of hydrogen-bond acceptors (Lipinski definition) is 8. The Kier molecular flexibility index (Phi) is 5.69. The zero-order valence-electron chi connectivity index (χ0n) is 19.2. The van der Waals surface area contributed by atoms with Gasteiger partial charge in [-0.05, 0) is 56.3 Å². The molecular weight excluding hydrogens is 434 g/mol. The Morgan fingerprint density at radius 3 is 2.64 bits per heavy atom. The minimum atomic E-state index is -0.0708. The lowest BCUT2D eigenvalue weighted by molar-refractivity contribution is 0.0994. The predicted molar refractivity (Wildman–Crippen MR) is 134 cm³/mol. The largest absolute Gasteiger partial charge is 0.327 e. The van der Waals surface area contributed by atoms with Crippen LogP contribution in [-0.4, -0.2) is 61.0 Å². The fourth-order valence-electron chi connectivity index (χ4n) is 4.12. The number of benzene rings is 2. The molecule has 1 fully saturated rings. The monoisotopic (exact) mass is 461 g/mol. The molecule has 2 aliphatic rings. The summed E-state index contributed by atoms with van der Waals surface area (Å²) in [5.74, 6) is 1.08. The van der Waals surface area contributed by atoms with Crippen molar-refractivity contribution in [3.8, 4) is 0 Å². The molecule has 8 nitrogen and oxygen atoms in total. The number of carbonyl (C=O) groups excluding carboxylic acids is 1. The molecule has 0 bridgehead atoms. The quantitative estimate of drug-likeness (QED) is 0.556. The van der Waals surface area contributed by atoms with Gasteiger partial charge in [-0.2, -0.15) is 4.98 Å². The van der Waals surface area contributed by atoms with Crippen LogP contribution in [0.3, 0.4) is 0 Å². The highest BCUT2D eigenvalue weighted by atomic mass is 32.2. The molecular formula is C24H27N7OS. The zero-order chi connectivity index (χ0) is 23.1. The topological polar surface area (TPSA) is 76.6 Å². The summed E-state index contributed by atoms with van der Waals surface area (Å²) in [6.07, 6.45) is 1.70. The molecule has 2 aliphatic heterocycles. The van der Waals surface area contributed by atoms with Crippen LogP contribution in [0.2, 0.25) is 0 Å². The first-order valence-corrected chi connectivity index (χ1v) is 11.7. The van der Waals surface area contributed by atoms with Crippen molar-refractivity contribution in [3.63, 3.8) is 0 Å². The van der Waals surface area contributed by atoms with Gasteiger partial charge in [-0.3, -0.25) is 9.52 Å². The average molecular weight is 462 g/mol. The number of hydrogen-bond donors (Lipinski definition) is 2. The molecule has 1 aromatic heterocycles. The molecule has 0 aliphatic carbocycles. The van der Waals surface area contributed by atoms with E-state index >= 15 is 0 Å². The third kappa shape index (κ3) is 4.27. The predicted octanol–water partition coefficient (Wildman–Crippen LogP) is 3.80. The SMILES string of the molecule is Cc1ccc2c(c1)C(=O)N(C)c1cnc(Nc3cccc(SNC4CN(C)C4)c3)nc1N2C. The third-order valence-corrected chi connectivity index (χ3v) is 6.92. The second-order valence-electron chi connectivity index (χ2n) is 8.64. The summed E-state index contributed by atoms with van der Waals surface area (Å²) in [7, 11) is 5.81. The van der Waals surface area contributed by atoms with E-state index in [4.69, 9.17) is 4.98 Å². The van der Waals surface area contributed by atoms with Crippen LogP contribution in [0.4, 0.5) is 28.8 Å². The number of nitrogens with zero attached hydrogens (tertiary/aromatic N) is 5. The van der Waals surface area contributed by atoms with Gasteiger partial charge in [-0.25, -0.2) is 4.98 Å². The summed E-state index contributed by atoms with van der Waals surface area (Å²) in [5.41, 5.74) is 4.10. The lowest BCUT2D eigenvalue weighted by Crippen LogP contribution is -2.54. The Bertz CT molecular complexity index is 1210. The van der Waals surface area contributed by atoms with E-state index in [0.29, 0.717) is 29.1 Å². The van der Waals surface area contributed by atoms with Crippen molar-refractivity contribution in [1.82, 2.24) is 19.6 Å². The van der Waals surface area contributed by atoms with Crippen LogP contribution in [0, 0.1) is 6.92 Å². The number of nitrogens with one attached hydrogen (secondary N) is 2. The van der Waals surface area contributed by atoms with E-state index in [2.05, 4.69) is 39.1 Å². The normalized spacial score (nSPS) is 16.2. The van der Waals surface area contributed by atoms with Crippen LogP contribution >= 0.6 is 11.9 Å². The molecule has 2 N–H and O–H groups in total. The van der Waals surface area contributed by atoms with Gasteiger partial charge in [0.25, 0.3) is 5.91 Å². The lowest BCUT2D eigenvalue weighted by atomic mass is 10.1. The van der Waals surface area contributed by atoms with Gasteiger partial charge in [0.1, 0.15) is 5.69 Å². The number of aryl methyl sites for hydroxylation is 1. The molecule has 2 aromatic carbocycles. The Morgan fingerprint density at radius 1 is 1.03 bits per heavy atom. The van der Waals surface area contributed by atoms with Crippen LogP contribution in [0.25, 0.3) is 0 Å². The summed E-state index contributed by atoms with van der Waals surface area (Å²) in [5, 5.41) is 3.32. The van der Waals surface area contributed by atoms with Gasteiger partial charge in [0.2, 0.25) is 5.95 Å². The van der Waals surface area contributed by atoms with Crippen molar-refractivity contribution in [3.05, 3.63) is 59.8 Å². The lowest BCUT2D eigenvalue weighted by Gasteiger charge is -2.36. The van der Waals surface area contributed by atoms with Crippen LogP contribution in [-0.2, 0) is 0 Å². The molecule has 1 saturated heterocycles. The van der Waals surface area contributed by atoms with E-state index in [9.17, 15) is 4.79 Å². The van der Waals surface area contributed by atoms with Gasteiger partial charge in [-0.15, -0.1) is 0 Å². The first kappa shape index (κ1) is 21.7. The van der Waals surface area contributed by atoms with Crippen molar-refractivity contribution in [2.75, 3.05) is 49.3 Å². The highest BCUT2D eigenvalue weighted by Gasteiger charge is 2.29. The van der Waals surface area contributed by atoms with Crippen molar-refractivity contribution in [2.24, 2.45) is 0 Å². The Morgan fingerprint density at radius 2 is 1.85 bits per heavy atom. The number of rotatable bonds is 5. The first-order valence-electron chi connectivity index (χ1n) is 10.9. The van der Waals surface area contributed by atoms with E-state index in [1.54, 1.807) is 30.1 Å². The zero-order valence-corrected chi connectivity index (χ0v) is 20.0. The average Bonchev–Trinajstić information content (AvgIpc) is 2.86. The Labute approximate surface area is 198 Å². The van der Waals surface area contributed by atoms with E-state index in [1.807, 2.05) is 49.2 Å². The van der Waals surface area contributed by atoms with E-state index in [-0.39, 0.29) is 5.91 Å². The van der Waals surface area contributed by atoms with Crippen molar-refractivity contribution >= 4 is 46.7 Å². The maximum Gasteiger partial charge on any atom is 0.260 e. The Balaban J connectivity index is 1.39. The standard InChI is InChI=1S/C24H27N7OS/c1-15-8-9-20-19(10-15)23(32)31(4)21-12-25-24(27-22(21)30(20)3)26-16-6-5-7-18(11-16)33-28-17-13-29(2)14-17/h5-12,17,28H,13-14H2,1-4H3,(H,25,26,27). The molecule has 0 atom stereocenters. The molecule has 170 valence electrons. The van der Waals surface area contributed by atoms with Crippen LogP contribution in [0.15, 0.2) is 53.6 Å². The second kappa shape index (κ2) is 8.66. The van der Waals surface area contributed by atoms with Crippen molar-refractivity contribution < 1.29 is 4.79 Å². The van der Waals surface area contributed by atoms with Gasteiger partial charge in [0.15, 0.2) is 5.82 Å². The first-order chi connectivity index (χ1) is 15.9. The van der Waals surface area contributed by atoms with Crippen LogP contribution in [0.1, 0.15) is 15.9 Å².